The van der Waals surface area contributed by atoms with Crippen molar-refractivity contribution < 1.29 is 23.1 Å². The zero-order chi connectivity index (χ0) is 19.1. The van der Waals surface area contributed by atoms with Gasteiger partial charge in [-0.2, -0.15) is 18.3 Å². The van der Waals surface area contributed by atoms with Crippen LogP contribution in [-0.4, -0.2) is 26.2 Å². The number of rotatable bonds is 4. The molecule has 0 radical (unpaired) electrons. The van der Waals surface area contributed by atoms with E-state index in [4.69, 9.17) is 0 Å². The maximum atomic E-state index is 12.8. The number of hydrogen-bond donors (Lipinski definition) is 3. The minimum atomic E-state index is -4.43. The number of halogens is 3. The number of aliphatic hydroxyl groups is 1. The minimum absolute atomic E-state index is 0.211. The number of alkyl halides is 3. The van der Waals surface area contributed by atoms with E-state index in [1.165, 1.54) is 19.1 Å². The number of nitrogens with zero attached hydrogens (tertiary/aromatic N) is 2. The molecule has 0 aliphatic rings. The first-order valence-corrected chi connectivity index (χ1v) is 8.48. The van der Waals surface area contributed by atoms with Gasteiger partial charge in [0, 0.05) is 4.70 Å². The van der Waals surface area contributed by atoms with Gasteiger partial charge in [0.2, 0.25) is 0 Å². The van der Waals surface area contributed by atoms with Gasteiger partial charge >= 0.3 is 6.18 Å². The molecule has 0 spiro atoms. The number of fused-ring (bicyclic) bond motifs is 1. The molecule has 0 saturated carbocycles. The summed E-state index contributed by atoms with van der Waals surface area (Å²) in [6.45, 7) is 3.20. The van der Waals surface area contributed by atoms with Crippen molar-refractivity contribution in [3.63, 3.8) is 0 Å². The number of hydrogen-bond acceptors (Lipinski definition) is 5. The molecule has 138 valence electrons. The lowest BCUT2D eigenvalue weighted by molar-refractivity contribution is -0.137. The molecule has 3 N–H and O–H groups in total. The summed E-state index contributed by atoms with van der Waals surface area (Å²) in [5, 5.41) is 19.0. The second kappa shape index (κ2) is 6.69. The molecule has 6 nitrogen and oxygen atoms in total. The number of carbonyl (C=O) groups is 1. The Bertz CT molecular complexity index is 949. The van der Waals surface area contributed by atoms with Crippen molar-refractivity contribution in [3.8, 4) is 0 Å². The quantitative estimate of drug-likeness (QED) is 0.641. The van der Waals surface area contributed by atoms with Crippen LogP contribution in [0.2, 0.25) is 0 Å². The molecule has 10 heteroatoms. The monoisotopic (exact) mass is 384 g/mol. The third-order valence-corrected chi connectivity index (χ3v) is 4.83. The SMILES string of the molecule is CC(O)c1n[nH]c(C(C)NC(=O)c2cc3cc(C(F)(F)F)ccc3s2)n1. The van der Waals surface area contributed by atoms with E-state index in [9.17, 15) is 23.1 Å². The van der Waals surface area contributed by atoms with Crippen LogP contribution >= 0.6 is 11.3 Å². The Hall–Kier alpha value is -2.46. The number of aromatic amines is 1. The van der Waals surface area contributed by atoms with E-state index in [1.807, 2.05) is 0 Å². The van der Waals surface area contributed by atoms with Crippen molar-refractivity contribution in [1.29, 1.82) is 0 Å². The topological polar surface area (TPSA) is 90.9 Å². The van der Waals surface area contributed by atoms with Gasteiger partial charge in [-0.1, -0.05) is 0 Å². The molecular weight excluding hydrogens is 369 g/mol. The number of aromatic nitrogens is 3. The first-order chi connectivity index (χ1) is 12.1. The Labute approximate surface area is 150 Å². The third-order valence-electron chi connectivity index (χ3n) is 3.72. The fourth-order valence-electron chi connectivity index (χ4n) is 2.34. The highest BCUT2D eigenvalue weighted by Gasteiger charge is 2.30. The zero-order valence-corrected chi connectivity index (χ0v) is 14.6. The Morgan fingerprint density at radius 3 is 2.65 bits per heavy atom. The molecule has 2 aromatic heterocycles. The van der Waals surface area contributed by atoms with Crippen molar-refractivity contribution in [3.05, 3.63) is 46.4 Å². The molecule has 0 bridgehead atoms. The first kappa shape index (κ1) is 18.3. The van der Waals surface area contributed by atoms with E-state index in [1.54, 1.807) is 6.92 Å². The van der Waals surface area contributed by atoms with E-state index in [-0.39, 0.29) is 5.82 Å². The lowest BCUT2D eigenvalue weighted by Crippen LogP contribution is -2.26. The van der Waals surface area contributed by atoms with Crippen LogP contribution in [0.15, 0.2) is 24.3 Å². The highest BCUT2D eigenvalue weighted by Crippen LogP contribution is 2.34. The summed E-state index contributed by atoms with van der Waals surface area (Å²) in [4.78, 5) is 16.8. The lowest BCUT2D eigenvalue weighted by atomic mass is 10.1. The molecule has 1 aromatic carbocycles. The van der Waals surface area contributed by atoms with Gasteiger partial charge in [0.1, 0.15) is 11.9 Å². The molecule has 2 heterocycles. The van der Waals surface area contributed by atoms with Crippen LogP contribution in [0.3, 0.4) is 0 Å². The van der Waals surface area contributed by atoms with Crippen LogP contribution in [0, 0.1) is 0 Å². The van der Waals surface area contributed by atoms with Gasteiger partial charge in [0.05, 0.1) is 16.5 Å². The molecule has 26 heavy (non-hydrogen) atoms. The summed E-state index contributed by atoms with van der Waals surface area (Å²) in [6, 6.07) is 4.29. The number of carbonyl (C=O) groups excluding carboxylic acids is 1. The third kappa shape index (κ3) is 3.70. The molecule has 2 atom stereocenters. The maximum absolute atomic E-state index is 12.8. The minimum Gasteiger partial charge on any atom is -0.385 e. The maximum Gasteiger partial charge on any atom is 0.416 e. The van der Waals surface area contributed by atoms with Crippen LogP contribution < -0.4 is 5.32 Å². The van der Waals surface area contributed by atoms with E-state index in [0.717, 1.165) is 23.5 Å². The predicted molar refractivity (Wildman–Crippen MR) is 89.7 cm³/mol. The van der Waals surface area contributed by atoms with Gasteiger partial charge in [0.15, 0.2) is 5.82 Å². The van der Waals surface area contributed by atoms with Gasteiger partial charge in [-0.3, -0.25) is 9.89 Å². The second-order valence-electron chi connectivity index (χ2n) is 5.81. The largest absolute Gasteiger partial charge is 0.416 e. The Kier molecular flexibility index (Phi) is 4.72. The summed E-state index contributed by atoms with van der Waals surface area (Å²) < 4.78 is 39.0. The molecule has 2 unspecified atom stereocenters. The standard InChI is InChI=1S/C16H15F3N4O2S/c1-7(13-21-14(8(2)24)23-22-13)20-15(25)12-6-9-5-10(16(17,18)19)3-4-11(9)26-12/h3-8,24H,1-2H3,(H,20,25)(H,21,22,23). The summed E-state index contributed by atoms with van der Waals surface area (Å²) in [5.74, 6) is 0.152. The van der Waals surface area contributed by atoms with Crippen LogP contribution in [0.4, 0.5) is 13.2 Å². The number of H-pyrrole nitrogens is 1. The lowest BCUT2D eigenvalue weighted by Gasteiger charge is -2.09. The number of amides is 1. The van der Waals surface area contributed by atoms with E-state index < -0.39 is 29.8 Å². The average molecular weight is 384 g/mol. The highest BCUT2D eigenvalue weighted by molar-refractivity contribution is 7.20. The summed E-state index contributed by atoms with van der Waals surface area (Å²) in [5.41, 5.74) is -0.754. The van der Waals surface area contributed by atoms with Gasteiger partial charge in [0.25, 0.3) is 5.91 Å². The molecule has 3 rings (SSSR count). The van der Waals surface area contributed by atoms with Crippen LogP contribution in [0.1, 0.15) is 52.9 Å². The average Bonchev–Trinajstić information content (AvgIpc) is 3.20. The van der Waals surface area contributed by atoms with Crippen molar-refractivity contribution >= 4 is 27.3 Å². The van der Waals surface area contributed by atoms with Crippen molar-refractivity contribution in [2.24, 2.45) is 0 Å². The van der Waals surface area contributed by atoms with Gasteiger partial charge in [-0.05, 0) is 43.5 Å². The fourth-order valence-corrected chi connectivity index (χ4v) is 3.28. The zero-order valence-electron chi connectivity index (χ0n) is 13.8. The second-order valence-corrected chi connectivity index (χ2v) is 6.89. The smallest absolute Gasteiger partial charge is 0.385 e. The molecule has 1 amide bonds. The summed E-state index contributed by atoms with van der Waals surface area (Å²) in [6.07, 6.45) is -5.27. The molecular formula is C16H15F3N4O2S. The fraction of sp³-hybridized carbons (Fsp3) is 0.312. The number of nitrogens with one attached hydrogen (secondary N) is 2. The first-order valence-electron chi connectivity index (χ1n) is 7.67. The summed E-state index contributed by atoms with van der Waals surface area (Å²) >= 11 is 1.11. The van der Waals surface area contributed by atoms with E-state index >= 15 is 0 Å². The molecule has 3 aromatic rings. The number of benzene rings is 1. The van der Waals surface area contributed by atoms with Crippen LogP contribution in [0.5, 0.6) is 0 Å². The van der Waals surface area contributed by atoms with E-state index in [0.29, 0.717) is 20.8 Å². The molecule has 0 aliphatic heterocycles. The molecule has 0 fully saturated rings. The van der Waals surface area contributed by atoms with Crippen molar-refractivity contribution in [1.82, 2.24) is 20.5 Å². The van der Waals surface area contributed by atoms with Crippen LogP contribution in [0.25, 0.3) is 10.1 Å². The Morgan fingerprint density at radius 2 is 2.04 bits per heavy atom. The molecule has 0 aliphatic carbocycles. The van der Waals surface area contributed by atoms with Crippen molar-refractivity contribution in [2.45, 2.75) is 32.2 Å². The van der Waals surface area contributed by atoms with Crippen molar-refractivity contribution in [2.75, 3.05) is 0 Å². The van der Waals surface area contributed by atoms with Gasteiger partial charge < -0.3 is 10.4 Å². The number of aliphatic hydroxyl groups excluding tert-OH is 1. The van der Waals surface area contributed by atoms with E-state index in [2.05, 4.69) is 20.5 Å². The molecule has 0 saturated heterocycles. The van der Waals surface area contributed by atoms with Gasteiger partial charge in [-0.15, -0.1) is 11.3 Å². The summed E-state index contributed by atoms with van der Waals surface area (Å²) in [7, 11) is 0. The van der Waals surface area contributed by atoms with Gasteiger partial charge in [-0.25, -0.2) is 4.98 Å². The Balaban J connectivity index is 1.78. The normalized spacial score (nSPS) is 14.4. The Morgan fingerprint density at radius 1 is 1.31 bits per heavy atom. The van der Waals surface area contributed by atoms with Crippen LogP contribution in [-0.2, 0) is 6.18 Å². The predicted octanol–water partition coefficient (Wildman–Crippen LogP) is 3.58. The highest BCUT2D eigenvalue weighted by atomic mass is 32.1. The number of thiophene rings is 1.